The molecule has 72 valence electrons. The standard InChI is InChI=1S/C7H8ClNO3S/c1-2-13(10,11)9-5-6-3-4-7(8)12-6/h2-4,9H,1,5H2. The predicted molar refractivity (Wildman–Crippen MR) is 49.7 cm³/mol. The van der Waals surface area contributed by atoms with E-state index >= 15 is 0 Å². The average molecular weight is 222 g/mol. The second-order valence-corrected chi connectivity index (χ2v) is 4.32. The largest absolute Gasteiger partial charge is 0.448 e. The molecule has 0 amide bonds. The van der Waals surface area contributed by atoms with E-state index < -0.39 is 10.0 Å². The molecular formula is C7H8ClNO3S. The zero-order valence-corrected chi connectivity index (χ0v) is 8.23. The van der Waals surface area contributed by atoms with Crippen LogP contribution in [0.4, 0.5) is 0 Å². The maximum atomic E-state index is 10.9. The normalized spacial score (nSPS) is 11.5. The lowest BCUT2D eigenvalue weighted by molar-refractivity contribution is 0.501. The van der Waals surface area contributed by atoms with Crippen LogP contribution in [0.2, 0.25) is 5.22 Å². The third-order valence-electron chi connectivity index (χ3n) is 1.30. The van der Waals surface area contributed by atoms with E-state index in [1.807, 2.05) is 0 Å². The molecule has 0 unspecified atom stereocenters. The Labute approximate surface area is 81.2 Å². The lowest BCUT2D eigenvalue weighted by Crippen LogP contribution is -2.19. The molecule has 1 heterocycles. The minimum Gasteiger partial charge on any atom is -0.448 e. The number of hydrogen-bond donors (Lipinski definition) is 1. The summed E-state index contributed by atoms with van der Waals surface area (Å²) in [5.74, 6) is 0.454. The second kappa shape index (κ2) is 3.95. The van der Waals surface area contributed by atoms with Gasteiger partial charge in [0, 0.05) is 5.41 Å². The molecule has 0 bridgehead atoms. The number of halogens is 1. The molecule has 1 N–H and O–H groups in total. The molecule has 0 fully saturated rings. The Morgan fingerprint density at radius 2 is 2.31 bits per heavy atom. The first-order chi connectivity index (χ1) is 6.03. The smallest absolute Gasteiger partial charge is 0.233 e. The number of hydrogen-bond acceptors (Lipinski definition) is 3. The average Bonchev–Trinajstić information content (AvgIpc) is 2.48. The van der Waals surface area contributed by atoms with Crippen LogP contribution in [-0.2, 0) is 16.6 Å². The van der Waals surface area contributed by atoms with Crippen LogP contribution in [0.15, 0.2) is 28.5 Å². The highest BCUT2D eigenvalue weighted by Gasteiger charge is 2.05. The molecule has 1 rings (SSSR count). The highest BCUT2D eigenvalue weighted by Crippen LogP contribution is 2.12. The Kier molecular flexibility index (Phi) is 3.13. The summed E-state index contributed by atoms with van der Waals surface area (Å²) in [7, 11) is -3.40. The fourth-order valence-corrected chi connectivity index (χ4v) is 1.30. The summed E-state index contributed by atoms with van der Waals surface area (Å²) in [6, 6.07) is 3.13. The molecule has 0 saturated carbocycles. The fraction of sp³-hybridized carbons (Fsp3) is 0.143. The van der Waals surface area contributed by atoms with E-state index in [0.29, 0.717) is 5.76 Å². The van der Waals surface area contributed by atoms with Gasteiger partial charge in [0.1, 0.15) is 5.76 Å². The molecular weight excluding hydrogens is 214 g/mol. The first kappa shape index (κ1) is 10.3. The van der Waals surface area contributed by atoms with Gasteiger partial charge in [-0.2, -0.15) is 0 Å². The molecule has 0 aromatic carbocycles. The summed E-state index contributed by atoms with van der Waals surface area (Å²) in [6.07, 6.45) is 0. The van der Waals surface area contributed by atoms with Gasteiger partial charge in [0.25, 0.3) is 0 Å². The van der Waals surface area contributed by atoms with E-state index in [-0.39, 0.29) is 11.8 Å². The van der Waals surface area contributed by atoms with E-state index in [1.165, 1.54) is 0 Å². The Balaban J connectivity index is 2.58. The summed E-state index contributed by atoms with van der Waals surface area (Å²) in [5.41, 5.74) is 0. The molecule has 1 aromatic heterocycles. The van der Waals surface area contributed by atoms with E-state index in [2.05, 4.69) is 11.3 Å². The van der Waals surface area contributed by atoms with Crippen LogP contribution in [0.3, 0.4) is 0 Å². The Morgan fingerprint density at radius 3 is 2.77 bits per heavy atom. The van der Waals surface area contributed by atoms with Gasteiger partial charge in [-0.15, -0.1) is 0 Å². The van der Waals surface area contributed by atoms with Crippen molar-refractivity contribution in [3.8, 4) is 0 Å². The first-order valence-electron chi connectivity index (χ1n) is 3.40. The van der Waals surface area contributed by atoms with Crippen molar-refractivity contribution in [3.63, 3.8) is 0 Å². The van der Waals surface area contributed by atoms with Crippen molar-refractivity contribution >= 4 is 21.6 Å². The zero-order valence-electron chi connectivity index (χ0n) is 6.66. The van der Waals surface area contributed by atoms with E-state index in [1.54, 1.807) is 12.1 Å². The van der Waals surface area contributed by atoms with Crippen LogP contribution in [0.1, 0.15) is 5.76 Å². The third-order valence-corrected chi connectivity index (χ3v) is 2.48. The predicted octanol–water partition coefficient (Wildman–Crippen LogP) is 1.50. The molecule has 4 nitrogen and oxygen atoms in total. The molecule has 6 heteroatoms. The molecule has 0 aliphatic rings. The number of rotatable bonds is 4. The number of nitrogens with one attached hydrogen (secondary N) is 1. The van der Waals surface area contributed by atoms with Crippen molar-refractivity contribution in [3.05, 3.63) is 35.1 Å². The maximum Gasteiger partial charge on any atom is 0.233 e. The van der Waals surface area contributed by atoms with Crippen molar-refractivity contribution in [1.82, 2.24) is 4.72 Å². The van der Waals surface area contributed by atoms with E-state index in [9.17, 15) is 8.42 Å². The van der Waals surface area contributed by atoms with E-state index in [0.717, 1.165) is 5.41 Å². The van der Waals surface area contributed by atoms with Gasteiger partial charge < -0.3 is 4.42 Å². The number of furan rings is 1. The molecule has 0 radical (unpaired) electrons. The van der Waals surface area contributed by atoms with Crippen molar-refractivity contribution in [2.45, 2.75) is 6.54 Å². The van der Waals surface area contributed by atoms with Crippen LogP contribution in [0.5, 0.6) is 0 Å². The van der Waals surface area contributed by atoms with Crippen LogP contribution in [-0.4, -0.2) is 8.42 Å². The minimum atomic E-state index is -3.40. The second-order valence-electron chi connectivity index (χ2n) is 2.24. The van der Waals surface area contributed by atoms with Crippen molar-refractivity contribution < 1.29 is 12.8 Å². The van der Waals surface area contributed by atoms with Gasteiger partial charge in [-0.1, -0.05) is 6.58 Å². The van der Waals surface area contributed by atoms with E-state index in [4.69, 9.17) is 16.0 Å². The van der Waals surface area contributed by atoms with Crippen molar-refractivity contribution in [2.75, 3.05) is 0 Å². The Morgan fingerprint density at radius 1 is 1.62 bits per heavy atom. The highest BCUT2D eigenvalue weighted by molar-refractivity contribution is 7.92. The zero-order chi connectivity index (χ0) is 9.90. The highest BCUT2D eigenvalue weighted by atomic mass is 35.5. The summed E-state index contributed by atoms with van der Waals surface area (Å²) in [4.78, 5) is 0. The topological polar surface area (TPSA) is 59.3 Å². The molecule has 0 aliphatic carbocycles. The van der Waals surface area contributed by atoms with Gasteiger partial charge in [0.15, 0.2) is 5.22 Å². The molecule has 0 atom stereocenters. The molecule has 13 heavy (non-hydrogen) atoms. The number of sulfonamides is 1. The summed E-state index contributed by atoms with van der Waals surface area (Å²) < 4.78 is 28.9. The molecule has 0 spiro atoms. The first-order valence-corrected chi connectivity index (χ1v) is 5.32. The Bertz CT molecular complexity index is 396. The van der Waals surface area contributed by atoms with Gasteiger partial charge >= 0.3 is 0 Å². The summed E-state index contributed by atoms with van der Waals surface area (Å²) >= 11 is 5.48. The summed E-state index contributed by atoms with van der Waals surface area (Å²) in [5, 5.41) is 1.06. The van der Waals surface area contributed by atoms with Gasteiger partial charge in [0.2, 0.25) is 10.0 Å². The molecule has 0 saturated heterocycles. The quantitative estimate of drug-likeness (QED) is 0.838. The van der Waals surface area contributed by atoms with Gasteiger partial charge in [-0.3, -0.25) is 0 Å². The maximum absolute atomic E-state index is 10.9. The van der Waals surface area contributed by atoms with Crippen LogP contribution in [0.25, 0.3) is 0 Å². The molecule has 0 aliphatic heterocycles. The van der Waals surface area contributed by atoms with Gasteiger partial charge in [0.05, 0.1) is 6.54 Å². The summed E-state index contributed by atoms with van der Waals surface area (Å²) in [6.45, 7) is 3.21. The fourth-order valence-electron chi connectivity index (χ4n) is 0.677. The minimum absolute atomic E-state index is 0.0705. The van der Waals surface area contributed by atoms with Crippen molar-refractivity contribution in [2.24, 2.45) is 0 Å². The molecule has 1 aromatic rings. The van der Waals surface area contributed by atoms with Crippen LogP contribution >= 0.6 is 11.6 Å². The van der Waals surface area contributed by atoms with Crippen LogP contribution < -0.4 is 4.72 Å². The third kappa shape index (κ3) is 3.22. The Hall–Kier alpha value is -0.780. The van der Waals surface area contributed by atoms with Gasteiger partial charge in [-0.05, 0) is 23.7 Å². The lowest BCUT2D eigenvalue weighted by Gasteiger charge is -1.98. The van der Waals surface area contributed by atoms with Gasteiger partial charge in [-0.25, -0.2) is 13.1 Å². The lowest BCUT2D eigenvalue weighted by atomic mass is 10.5. The monoisotopic (exact) mass is 221 g/mol. The van der Waals surface area contributed by atoms with Crippen LogP contribution in [0, 0.1) is 0 Å². The SMILES string of the molecule is C=CS(=O)(=O)NCc1ccc(Cl)o1. The van der Waals surface area contributed by atoms with Crippen molar-refractivity contribution in [1.29, 1.82) is 0 Å².